The van der Waals surface area contributed by atoms with Gasteiger partial charge in [-0.05, 0) is 25.7 Å². The van der Waals surface area contributed by atoms with Gasteiger partial charge in [-0.3, -0.25) is 9.57 Å². The summed E-state index contributed by atoms with van der Waals surface area (Å²) in [6.07, 6.45) is 2.13. The minimum absolute atomic E-state index is 0.0119. The van der Waals surface area contributed by atoms with Gasteiger partial charge in [-0.25, -0.2) is 4.21 Å². The van der Waals surface area contributed by atoms with Gasteiger partial charge in [0.2, 0.25) is 0 Å². The Bertz CT molecular complexity index is 434. The van der Waals surface area contributed by atoms with Gasteiger partial charge < -0.3 is 10.8 Å². The summed E-state index contributed by atoms with van der Waals surface area (Å²) in [6, 6.07) is 1.12. The quantitative estimate of drug-likeness (QED) is 0.614. The SMILES string of the molecule is N#CC1(CCS(=N)(=O)CC[C@H](N)C(=O)O)CC1. The van der Waals surface area contributed by atoms with Gasteiger partial charge in [-0.1, -0.05) is 0 Å². The summed E-state index contributed by atoms with van der Waals surface area (Å²) in [7, 11) is -2.81. The van der Waals surface area contributed by atoms with Gasteiger partial charge in [-0.2, -0.15) is 5.26 Å². The first kappa shape index (κ1) is 13.9. The Morgan fingerprint density at radius 1 is 1.59 bits per heavy atom. The highest BCUT2D eigenvalue weighted by atomic mass is 32.2. The van der Waals surface area contributed by atoms with Crippen LogP contribution in [0.1, 0.15) is 25.7 Å². The van der Waals surface area contributed by atoms with Crippen molar-refractivity contribution in [2.24, 2.45) is 11.1 Å². The van der Waals surface area contributed by atoms with E-state index < -0.39 is 21.7 Å². The molecule has 0 aromatic carbocycles. The van der Waals surface area contributed by atoms with E-state index in [2.05, 4.69) is 6.07 Å². The first-order valence-corrected chi connectivity index (χ1v) is 7.34. The van der Waals surface area contributed by atoms with Crippen LogP contribution in [0.25, 0.3) is 0 Å². The molecule has 0 aromatic rings. The zero-order valence-corrected chi connectivity index (χ0v) is 10.3. The van der Waals surface area contributed by atoms with Crippen molar-refractivity contribution in [3.63, 3.8) is 0 Å². The van der Waals surface area contributed by atoms with Gasteiger partial charge in [0.15, 0.2) is 0 Å². The molecule has 0 saturated heterocycles. The lowest BCUT2D eigenvalue weighted by molar-refractivity contribution is -0.138. The molecule has 1 aliphatic rings. The van der Waals surface area contributed by atoms with Crippen LogP contribution in [0.15, 0.2) is 0 Å². The Labute approximate surface area is 101 Å². The van der Waals surface area contributed by atoms with E-state index in [1.165, 1.54) is 0 Å². The fourth-order valence-electron chi connectivity index (χ4n) is 1.47. The van der Waals surface area contributed by atoms with E-state index in [1.54, 1.807) is 0 Å². The number of aliphatic carboxylic acids is 1. The number of nitrogens with zero attached hydrogens (tertiary/aromatic N) is 1. The van der Waals surface area contributed by atoms with E-state index >= 15 is 0 Å². The molecule has 1 fully saturated rings. The third-order valence-corrected chi connectivity index (χ3v) is 4.84. The van der Waals surface area contributed by atoms with E-state index in [9.17, 15) is 9.00 Å². The second-order valence-corrected chi connectivity index (χ2v) is 7.04. The molecule has 0 amide bonds. The minimum atomic E-state index is -2.81. The number of nitriles is 1. The van der Waals surface area contributed by atoms with Crippen LogP contribution in [-0.2, 0) is 14.5 Å². The number of nitrogens with two attached hydrogens (primary N) is 1. The number of carbonyl (C=O) groups is 1. The van der Waals surface area contributed by atoms with Crippen molar-refractivity contribution < 1.29 is 14.1 Å². The molecule has 0 radical (unpaired) electrons. The van der Waals surface area contributed by atoms with E-state index in [4.69, 9.17) is 20.9 Å². The molecule has 6 nitrogen and oxygen atoms in total. The third-order valence-electron chi connectivity index (χ3n) is 3.08. The smallest absolute Gasteiger partial charge is 0.320 e. The summed E-state index contributed by atoms with van der Waals surface area (Å²) < 4.78 is 19.4. The predicted octanol–water partition coefficient (Wildman–Crippen LogP) is 0.529. The van der Waals surface area contributed by atoms with E-state index in [1.807, 2.05) is 0 Å². The minimum Gasteiger partial charge on any atom is -0.480 e. The third kappa shape index (κ3) is 4.32. The van der Waals surface area contributed by atoms with Gasteiger partial charge in [0.05, 0.1) is 11.5 Å². The maximum atomic E-state index is 11.8. The van der Waals surface area contributed by atoms with Crippen molar-refractivity contribution in [2.45, 2.75) is 31.7 Å². The number of hydrogen-bond donors (Lipinski definition) is 3. The van der Waals surface area contributed by atoms with Crippen LogP contribution in [0.3, 0.4) is 0 Å². The summed E-state index contributed by atoms with van der Waals surface area (Å²) >= 11 is 0. The van der Waals surface area contributed by atoms with E-state index in [0.29, 0.717) is 6.42 Å². The van der Waals surface area contributed by atoms with Crippen LogP contribution >= 0.6 is 0 Å². The molecule has 7 heteroatoms. The molecule has 0 aliphatic heterocycles. The largest absolute Gasteiger partial charge is 0.480 e. The first-order chi connectivity index (χ1) is 7.80. The van der Waals surface area contributed by atoms with E-state index in [-0.39, 0.29) is 23.3 Å². The fraction of sp³-hybridized carbons (Fsp3) is 0.800. The summed E-state index contributed by atoms with van der Waals surface area (Å²) in [5.41, 5.74) is 4.92. The van der Waals surface area contributed by atoms with Gasteiger partial charge >= 0.3 is 5.97 Å². The maximum absolute atomic E-state index is 11.8. The highest BCUT2D eigenvalue weighted by molar-refractivity contribution is 7.92. The predicted molar refractivity (Wildman–Crippen MR) is 62.7 cm³/mol. The van der Waals surface area contributed by atoms with E-state index in [0.717, 1.165) is 12.8 Å². The van der Waals surface area contributed by atoms with Crippen molar-refractivity contribution in [3.8, 4) is 6.07 Å². The standard InChI is InChI=1S/C10H17N3O3S/c11-7-10(2-3-10)4-6-17(13,16)5-1-8(12)9(14)15/h8,13H,1-6,12H2,(H,14,15)/t8-,17?/m0/s1. The number of carboxylic acid groups (broad SMARTS) is 1. The highest BCUT2D eigenvalue weighted by Crippen LogP contribution is 2.48. The lowest BCUT2D eigenvalue weighted by atomic mass is 10.1. The molecule has 2 atom stereocenters. The second-order valence-electron chi connectivity index (χ2n) is 4.60. The maximum Gasteiger partial charge on any atom is 0.320 e. The normalized spacial score (nSPS) is 22.1. The molecule has 1 saturated carbocycles. The molecule has 17 heavy (non-hydrogen) atoms. The molecule has 4 N–H and O–H groups in total. The molecule has 1 aliphatic carbocycles. The van der Waals surface area contributed by atoms with Crippen LogP contribution < -0.4 is 5.73 Å². The Hall–Kier alpha value is -1.13. The van der Waals surface area contributed by atoms with Crippen molar-refractivity contribution in [1.29, 1.82) is 10.0 Å². The van der Waals surface area contributed by atoms with Gasteiger partial charge in [-0.15, -0.1) is 0 Å². The highest BCUT2D eigenvalue weighted by Gasteiger charge is 2.43. The molecule has 0 bridgehead atoms. The van der Waals surface area contributed by atoms with Gasteiger partial charge in [0, 0.05) is 21.2 Å². The Balaban J connectivity index is 2.37. The van der Waals surface area contributed by atoms with Crippen molar-refractivity contribution in [2.75, 3.05) is 11.5 Å². The molecule has 1 unspecified atom stereocenters. The molecule has 96 valence electrons. The fourth-order valence-corrected chi connectivity index (χ4v) is 3.03. The zero-order chi connectivity index (χ0) is 13.1. The molecule has 0 aromatic heterocycles. The Kier molecular flexibility index (Phi) is 4.11. The average Bonchev–Trinajstić information content (AvgIpc) is 3.04. The average molecular weight is 259 g/mol. The van der Waals surface area contributed by atoms with Crippen molar-refractivity contribution >= 4 is 15.7 Å². The second kappa shape index (κ2) is 5.02. The van der Waals surface area contributed by atoms with Gasteiger partial charge in [0.25, 0.3) is 0 Å². The summed E-state index contributed by atoms with van der Waals surface area (Å²) in [5, 5.41) is 17.4. The van der Waals surface area contributed by atoms with Crippen LogP contribution in [0.2, 0.25) is 0 Å². The van der Waals surface area contributed by atoms with Crippen LogP contribution in [0.5, 0.6) is 0 Å². The first-order valence-electron chi connectivity index (χ1n) is 5.44. The topological polar surface area (TPSA) is 128 Å². The monoisotopic (exact) mass is 259 g/mol. The van der Waals surface area contributed by atoms with Gasteiger partial charge in [0.1, 0.15) is 6.04 Å². The van der Waals surface area contributed by atoms with Crippen LogP contribution in [-0.4, -0.2) is 32.8 Å². The number of hydrogen-bond acceptors (Lipinski definition) is 5. The summed E-state index contributed by atoms with van der Waals surface area (Å²) in [5.74, 6) is -0.995. The van der Waals surface area contributed by atoms with Crippen molar-refractivity contribution in [1.82, 2.24) is 0 Å². The lowest BCUT2D eigenvalue weighted by Crippen LogP contribution is -2.32. The Morgan fingerprint density at radius 2 is 2.18 bits per heavy atom. The molecular weight excluding hydrogens is 242 g/mol. The number of nitrogens with one attached hydrogen (secondary N) is 1. The Morgan fingerprint density at radius 3 is 2.59 bits per heavy atom. The number of carboxylic acids is 1. The summed E-state index contributed by atoms with van der Waals surface area (Å²) in [6.45, 7) is 0. The molecule has 0 heterocycles. The lowest BCUT2D eigenvalue weighted by Gasteiger charge is -2.11. The molecular formula is C10H17N3O3S. The summed E-state index contributed by atoms with van der Waals surface area (Å²) in [4.78, 5) is 10.5. The van der Waals surface area contributed by atoms with Crippen LogP contribution in [0.4, 0.5) is 0 Å². The molecule has 1 rings (SSSR count). The van der Waals surface area contributed by atoms with Crippen molar-refractivity contribution in [3.05, 3.63) is 0 Å². The number of rotatable bonds is 7. The van der Waals surface area contributed by atoms with Crippen LogP contribution in [0, 0.1) is 21.5 Å². The molecule has 0 spiro atoms. The zero-order valence-electron chi connectivity index (χ0n) is 9.52.